The van der Waals surface area contributed by atoms with Gasteiger partial charge in [-0.25, -0.2) is 10.5 Å². The van der Waals surface area contributed by atoms with Crippen molar-refractivity contribution >= 4 is 22.2 Å². The molecule has 0 aliphatic carbocycles. The van der Waals surface area contributed by atoms with E-state index in [1.54, 1.807) is 6.20 Å². The Kier molecular flexibility index (Phi) is 3.53. The number of hydrogen-bond acceptors (Lipinski definition) is 8. The van der Waals surface area contributed by atoms with Gasteiger partial charge < -0.3 is 4.90 Å². The third-order valence-electron chi connectivity index (χ3n) is 2.25. The van der Waals surface area contributed by atoms with Crippen molar-refractivity contribution in [2.45, 2.75) is 6.54 Å². The van der Waals surface area contributed by atoms with Crippen LogP contribution in [0, 0.1) is 0 Å². The molecular weight excluding hydrogens is 254 g/mol. The molecule has 0 amide bonds. The number of rotatable bonds is 4. The maximum atomic E-state index is 11.8. The number of anilines is 2. The Morgan fingerprint density at radius 2 is 2.28 bits per heavy atom. The second kappa shape index (κ2) is 5.10. The second-order valence-electron chi connectivity index (χ2n) is 3.75. The van der Waals surface area contributed by atoms with Crippen LogP contribution in [0.3, 0.4) is 0 Å². The number of hydrogen-bond donors (Lipinski definition) is 2. The molecule has 2 aromatic rings. The Hall–Kier alpha value is -2.00. The minimum Gasteiger partial charge on any atom is -0.376 e. The summed E-state index contributed by atoms with van der Waals surface area (Å²) >= 11 is 1.28. The predicted octanol–water partition coefficient (Wildman–Crippen LogP) is -0.505. The fraction of sp³-hybridized carbons (Fsp3) is 0.333. The number of nitrogens with zero attached hydrogens (tertiary/aromatic N) is 5. The predicted molar refractivity (Wildman–Crippen MR) is 69.6 cm³/mol. The molecule has 0 aliphatic heterocycles. The van der Waals surface area contributed by atoms with Gasteiger partial charge in [-0.15, -0.1) is 10.2 Å². The van der Waals surface area contributed by atoms with Crippen LogP contribution < -0.4 is 21.7 Å². The van der Waals surface area contributed by atoms with Gasteiger partial charge in [-0.3, -0.25) is 10.2 Å². The topological polar surface area (TPSA) is 102 Å². The molecule has 0 bridgehead atoms. The number of nitrogen functional groups attached to an aromatic ring is 1. The molecule has 3 N–H and O–H groups in total. The third-order valence-corrected chi connectivity index (χ3v) is 3.09. The molecule has 96 valence electrons. The monoisotopic (exact) mass is 267 g/mol. The van der Waals surface area contributed by atoms with Crippen LogP contribution in [-0.4, -0.2) is 34.1 Å². The summed E-state index contributed by atoms with van der Waals surface area (Å²) in [6.07, 6.45) is 1.63. The van der Waals surface area contributed by atoms with E-state index in [0.29, 0.717) is 10.1 Å². The van der Waals surface area contributed by atoms with Gasteiger partial charge in [-0.1, -0.05) is 11.3 Å². The van der Waals surface area contributed by atoms with Gasteiger partial charge in [-0.05, 0) is 0 Å². The Balaban J connectivity index is 2.22. The maximum absolute atomic E-state index is 11.8. The molecule has 0 atom stereocenters. The molecule has 2 rings (SSSR count). The number of nitrogens with two attached hydrogens (primary N) is 1. The van der Waals surface area contributed by atoms with Gasteiger partial charge in [0.1, 0.15) is 5.01 Å². The average Bonchev–Trinajstić information content (AvgIpc) is 2.79. The van der Waals surface area contributed by atoms with Crippen molar-refractivity contribution in [2.75, 3.05) is 24.4 Å². The van der Waals surface area contributed by atoms with Crippen LogP contribution in [-0.2, 0) is 6.54 Å². The molecule has 2 aromatic heterocycles. The summed E-state index contributed by atoms with van der Waals surface area (Å²) < 4.78 is 1.33. The van der Waals surface area contributed by atoms with E-state index in [1.807, 2.05) is 19.0 Å². The minimum atomic E-state index is -0.182. The molecule has 0 aromatic carbocycles. The SMILES string of the molecule is CN(C)c1cnn(Cc2nnc(NN)s2)c(=O)c1. The van der Waals surface area contributed by atoms with E-state index in [1.165, 1.54) is 22.1 Å². The molecule has 2 heterocycles. The lowest BCUT2D eigenvalue weighted by atomic mass is 10.4. The summed E-state index contributed by atoms with van der Waals surface area (Å²) in [5.74, 6) is 5.21. The van der Waals surface area contributed by atoms with E-state index in [4.69, 9.17) is 5.84 Å². The molecular formula is C9H13N7OS. The third kappa shape index (κ3) is 2.63. The van der Waals surface area contributed by atoms with E-state index in [2.05, 4.69) is 20.7 Å². The van der Waals surface area contributed by atoms with Crippen LogP contribution >= 0.6 is 11.3 Å². The Morgan fingerprint density at radius 3 is 2.83 bits per heavy atom. The van der Waals surface area contributed by atoms with Gasteiger partial charge in [-0.2, -0.15) is 5.10 Å². The lowest BCUT2D eigenvalue weighted by Crippen LogP contribution is -2.24. The van der Waals surface area contributed by atoms with Crippen LogP contribution in [0.15, 0.2) is 17.1 Å². The zero-order valence-electron chi connectivity index (χ0n) is 9.99. The molecule has 0 saturated heterocycles. The van der Waals surface area contributed by atoms with Crippen molar-refractivity contribution in [1.82, 2.24) is 20.0 Å². The van der Waals surface area contributed by atoms with Crippen molar-refractivity contribution < 1.29 is 0 Å². The van der Waals surface area contributed by atoms with Crippen molar-refractivity contribution in [3.8, 4) is 0 Å². The van der Waals surface area contributed by atoms with E-state index in [9.17, 15) is 4.79 Å². The smallest absolute Gasteiger partial charge is 0.269 e. The average molecular weight is 267 g/mol. The first kappa shape index (κ1) is 12.5. The minimum absolute atomic E-state index is 0.182. The van der Waals surface area contributed by atoms with E-state index in [0.717, 1.165) is 5.69 Å². The van der Waals surface area contributed by atoms with Gasteiger partial charge in [0.2, 0.25) is 5.13 Å². The first-order valence-electron chi connectivity index (χ1n) is 5.13. The molecule has 0 saturated carbocycles. The molecule has 0 fully saturated rings. The summed E-state index contributed by atoms with van der Waals surface area (Å²) in [6, 6.07) is 1.52. The Morgan fingerprint density at radius 1 is 1.50 bits per heavy atom. The van der Waals surface area contributed by atoms with Crippen LogP contribution in [0.5, 0.6) is 0 Å². The molecule has 8 nitrogen and oxygen atoms in total. The molecule has 0 radical (unpaired) electrons. The molecule has 0 aliphatic rings. The van der Waals surface area contributed by atoms with Gasteiger partial charge >= 0.3 is 0 Å². The van der Waals surface area contributed by atoms with E-state index >= 15 is 0 Å². The standard InChI is InChI=1S/C9H13N7OS/c1-15(2)6-3-8(17)16(11-4-6)5-7-13-14-9(12-10)18-7/h3-4H,5,10H2,1-2H3,(H,12,14). The zero-order chi connectivity index (χ0) is 13.1. The second-order valence-corrected chi connectivity index (χ2v) is 4.81. The largest absolute Gasteiger partial charge is 0.376 e. The first-order chi connectivity index (χ1) is 8.60. The van der Waals surface area contributed by atoms with Crippen molar-refractivity contribution in [2.24, 2.45) is 5.84 Å². The Bertz CT molecular complexity index is 591. The number of aromatic nitrogens is 4. The summed E-state index contributed by atoms with van der Waals surface area (Å²) in [5.41, 5.74) is 2.98. The van der Waals surface area contributed by atoms with Crippen LogP contribution in [0.25, 0.3) is 0 Å². The molecule has 0 spiro atoms. The zero-order valence-corrected chi connectivity index (χ0v) is 10.8. The van der Waals surface area contributed by atoms with Gasteiger partial charge in [0.25, 0.3) is 5.56 Å². The summed E-state index contributed by atoms with van der Waals surface area (Å²) in [7, 11) is 3.70. The van der Waals surface area contributed by atoms with Gasteiger partial charge in [0.05, 0.1) is 18.4 Å². The summed E-state index contributed by atoms with van der Waals surface area (Å²) in [6.45, 7) is 0.284. The molecule has 0 unspecified atom stereocenters. The maximum Gasteiger partial charge on any atom is 0.269 e. The van der Waals surface area contributed by atoms with Gasteiger partial charge in [0, 0.05) is 20.2 Å². The highest BCUT2D eigenvalue weighted by atomic mass is 32.1. The quantitative estimate of drug-likeness (QED) is 0.568. The number of hydrazine groups is 1. The van der Waals surface area contributed by atoms with E-state index < -0.39 is 0 Å². The van der Waals surface area contributed by atoms with Crippen LogP contribution in [0.4, 0.5) is 10.8 Å². The van der Waals surface area contributed by atoms with Crippen molar-refractivity contribution in [3.05, 3.63) is 27.6 Å². The number of nitrogens with one attached hydrogen (secondary N) is 1. The fourth-order valence-corrected chi connectivity index (χ4v) is 1.92. The van der Waals surface area contributed by atoms with Crippen LogP contribution in [0.2, 0.25) is 0 Å². The highest BCUT2D eigenvalue weighted by molar-refractivity contribution is 7.15. The summed E-state index contributed by atoms with van der Waals surface area (Å²) in [5, 5.41) is 12.9. The van der Waals surface area contributed by atoms with Crippen LogP contribution in [0.1, 0.15) is 5.01 Å². The molecule has 9 heteroatoms. The Labute approximate surface area is 107 Å². The van der Waals surface area contributed by atoms with Crippen molar-refractivity contribution in [3.63, 3.8) is 0 Å². The molecule has 18 heavy (non-hydrogen) atoms. The fourth-order valence-electron chi connectivity index (χ4n) is 1.29. The lowest BCUT2D eigenvalue weighted by Gasteiger charge is -2.11. The highest BCUT2D eigenvalue weighted by Gasteiger charge is 2.07. The van der Waals surface area contributed by atoms with E-state index in [-0.39, 0.29) is 12.1 Å². The highest BCUT2D eigenvalue weighted by Crippen LogP contribution is 2.14. The normalized spacial score (nSPS) is 10.4. The lowest BCUT2D eigenvalue weighted by molar-refractivity contribution is 0.631. The first-order valence-corrected chi connectivity index (χ1v) is 5.95. The van der Waals surface area contributed by atoms with Crippen molar-refractivity contribution in [1.29, 1.82) is 0 Å². The summed E-state index contributed by atoms with van der Waals surface area (Å²) in [4.78, 5) is 13.6. The van der Waals surface area contributed by atoms with Gasteiger partial charge in [0.15, 0.2) is 0 Å².